The molecule has 0 aliphatic heterocycles. The van der Waals surface area contributed by atoms with Crippen molar-refractivity contribution in [2.75, 3.05) is 0 Å². The van der Waals surface area contributed by atoms with Gasteiger partial charge < -0.3 is 15.3 Å². The van der Waals surface area contributed by atoms with Gasteiger partial charge in [0.05, 0.1) is 0 Å². The Morgan fingerprint density at radius 1 is 0.417 bits per heavy atom. The zero-order valence-corrected chi connectivity index (χ0v) is 16.3. The Bertz CT molecular complexity index is 236. The van der Waals surface area contributed by atoms with Crippen molar-refractivity contribution in [3.63, 3.8) is 0 Å². The van der Waals surface area contributed by atoms with Gasteiger partial charge in [0.1, 0.15) is 0 Å². The molecule has 3 nitrogen and oxygen atoms in total. The van der Waals surface area contributed by atoms with E-state index in [0.29, 0.717) is 6.42 Å². The minimum atomic E-state index is -2.46. The third-order valence-corrected chi connectivity index (χ3v) is 4.87. The smallest absolute Gasteiger partial charge is 0.275 e. The Morgan fingerprint density at radius 3 is 0.917 bits per heavy atom. The Hall–Kier alpha value is -0.120. The van der Waals surface area contributed by atoms with Gasteiger partial charge in [0, 0.05) is 6.42 Å². The van der Waals surface area contributed by atoms with Gasteiger partial charge in [-0.05, 0) is 6.42 Å². The third kappa shape index (κ3) is 21.9. The average molecular weight is 345 g/mol. The van der Waals surface area contributed by atoms with E-state index in [-0.39, 0.29) is 6.42 Å². The zero-order chi connectivity index (χ0) is 17.9. The van der Waals surface area contributed by atoms with E-state index in [4.69, 9.17) is 15.3 Å². The molecule has 0 aliphatic carbocycles. The van der Waals surface area contributed by atoms with Gasteiger partial charge in [-0.1, -0.05) is 116 Å². The summed E-state index contributed by atoms with van der Waals surface area (Å²) in [6.07, 6.45) is 23.6. The first-order valence-corrected chi connectivity index (χ1v) is 10.7. The average Bonchev–Trinajstić information content (AvgIpc) is 2.52. The minimum Gasteiger partial charge on any atom is -0.344 e. The van der Waals surface area contributed by atoms with Crippen molar-refractivity contribution in [1.82, 2.24) is 0 Å². The van der Waals surface area contributed by atoms with Crippen LogP contribution in [0.5, 0.6) is 0 Å². The maximum absolute atomic E-state index is 8.76. The van der Waals surface area contributed by atoms with Crippen molar-refractivity contribution in [3.05, 3.63) is 0 Å². The summed E-state index contributed by atoms with van der Waals surface area (Å²) in [5.74, 6) is -2.46. The molecule has 0 atom stereocenters. The van der Waals surface area contributed by atoms with E-state index in [1.54, 1.807) is 0 Å². The second-order valence-corrected chi connectivity index (χ2v) is 7.53. The summed E-state index contributed by atoms with van der Waals surface area (Å²) >= 11 is 0. The fraction of sp³-hybridized carbons (Fsp3) is 1.00. The van der Waals surface area contributed by atoms with E-state index in [1.807, 2.05) is 0 Å². The van der Waals surface area contributed by atoms with Gasteiger partial charge in [-0.15, -0.1) is 0 Å². The van der Waals surface area contributed by atoms with Crippen LogP contribution in [0.2, 0.25) is 0 Å². The molecule has 0 aromatic rings. The molecule has 0 saturated heterocycles. The van der Waals surface area contributed by atoms with Crippen molar-refractivity contribution in [1.29, 1.82) is 0 Å². The minimum absolute atomic E-state index is 0.0613. The summed E-state index contributed by atoms with van der Waals surface area (Å²) in [6.45, 7) is 2.27. The van der Waals surface area contributed by atoms with Crippen LogP contribution < -0.4 is 0 Å². The molecule has 0 heterocycles. The van der Waals surface area contributed by atoms with Crippen LogP contribution in [0.1, 0.15) is 129 Å². The van der Waals surface area contributed by atoms with Crippen molar-refractivity contribution in [3.8, 4) is 0 Å². The van der Waals surface area contributed by atoms with Gasteiger partial charge in [0.25, 0.3) is 5.97 Å². The van der Waals surface area contributed by atoms with Gasteiger partial charge in [-0.25, -0.2) is 0 Å². The van der Waals surface area contributed by atoms with Crippen LogP contribution in [0, 0.1) is 0 Å². The van der Waals surface area contributed by atoms with Crippen molar-refractivity contribution in [2.24, 2.45) is 0 Å². The van der Waals surface area contributed by atoms with Crippen LogP contribution in [0.25, 0.3) is 0 Å². The summed E-state index contributed by atoms with van der Waals surface area (Å²) < 4.78 is 0. The summed E-state index contributed by atoms with van der Waals surface area (Å²) in [5.41, 5.74) is 0. The van der Waals surface area contributed by atoms with Gasteiger partial charge in [-0.3, -0.25) is 0 Å². The first kappa shape index (κ1) is 23.9. The SMILES string of the molecule is CCCCCCCCCCCCCCCCCCCCC(O)(O)O. The molecule has 0 rings (SSSR count). The first-order valence-electron chi connectivity index (χ1n) is 10.7. The van der Waals surface area contributed by atoms with E-state index < -0.39 is 5.97 Å². The molecule has 146 valence electrons. The van der Waals surface area contributed by atoms with E-state index in [0.717, 1.165) is 12.8 Å². The molecule has 3 N–H and O–H groups in total. The van der Waals surface area contributed by atoms with E-state index >= 15 is 0 Å². The molecule has 3 heteroatoms. The van der Waals surface area contributed by atoms with Crippen LogP contribution in [-0.4, -0.2) is 21.3 Å². The third-order valence-electron chi connectivity index (χ3n) is 4.87. The predicted octanol–water partition coefficient (Wildman–Crippen LogP) is 6.05. The van der Waals surface area contributed by atoms with Crippen LogP contribution in [0.3, 0.4) is 0 Å². The fourth-order valence-electron chi connectivity index (χ4n) is 3.26. The lowest BCUT2D eigenvalue weighted by molar-refractivity contribution is -0.315. The van der Waals surface area contributed by atoms with Gasteiger partial charge in [0.2, 0.25) is 0 Å². The van der Waals surface area contributed by atoms with E-state index in [1.165, 1.54) is 96.3 Å². The largest absolute Gasteiger partial charge is 0.344 e. The molecule has 0 bridgehead atoms. The Morgan fingerprint density at radius 2 is 0.667 bits per heavy atom. The molecule has 0 aliphatic rings. The summed E-state index contributed by atoms with van der Waals surface area (Å²) in [5, 5.41) is 26.3. The number of hydrogen-bond donors (Lipinski definition) is 3. The van der Waals surface area contributed by atoms with Crippen LogP contribution in [-0.2, 0) is 0 Å². The van der Waals surface area contributed by atoms with Gasteiger partial charge in [0.15, 0.2) is 0 Å². The molecule has 24 heavy (non-hydrogen) atoms. The topological polar surface area (TPSA) is 60.7 Å². The van der Waals surface area contributed by atoms with Crippen molar-refractivity contribution >= 4 is 0 Å². The molecule has 0 amide bonds. The fourth-order valence-corrected chi connectivity index (χ4v) is 3.26. The summed E-state index contributed by atoms with van der Waals surface area (Å²) in [4.78, 5) is 0. The molecule has 0 saturated carbocycles. The highest BCUT2D eigenvalue weighted by Gasteiger charge is 2.16. The highest BCUT2D eigenvalue weighted by atomic mass is 16.7. The molecule has 0 aromatic heterocycles. The second-order valence-electron chi connectivity index (χ2n) is 7.53. The Balaban J connectivity index is 3.00. The Kier molecular flexibility index (Phi) is 17.6. The quantitative estimate of drug-likeness (QED) is 0.197. The number of rotatable bonds is 19. The number of aliphatic hydroxyl groups is 3. The van der Waals surface area contributed by atoms with Crippen LogP contribution in [0.4, 0.5) is 0 Å². The normalized spacial score (nSPS) is 12.0. The maximum atomic E-state index is 8.76. The lowest BCUT2D eigenvalue weighted by Gasteiger charge is -2.12. The standard InChI is InChI=1S/C21H44O3/c1-2-3-4-5-6-7-8-9-10-11-12-13-14-15-16-17-18-19-20-21(22,23)24/h22-24H,2-20H2,1H3. The zero-order valence-electron chi connectivity index (χ0n) is 16.3. The molecule has 0 radical (unpaired) electrons. The molecular weight excluding hydrogens is 300 g/mol. The summed E-state index contributed by atoms with van der Waals surface area (Å²) in [7, 11) is 0. The number of hydrogen-bond acceptors (Lipinski definition) is 3. The van der Waals surface area contributed by atoms with Gasteiger partial charge >= 0.3 is 0 Å². The van der Waals surface area contributed by atoms with Crippen molar-refractivity contribution < 1.29 is 15.3 Å². The monoisotopic (exact) mass is 344 g/mol. The van der Waals surface area contributed by atoms with Crippen molar-refractivity contribution in [2.45, 2.75) is 135 Å². The highest BCUT2D eigenvalue weighted by Crippen LogP contribution is 2.15. The predicted molar refractivity (Wildman–Crippen MR) is 103 cm³/mol. The van der Waals surface area contributed by atoms with Crippen LogP contribution >= 0.6 is 0 Å². The van der Waals surface area contributed by atoms with Crippen LogP contribution in [0.15, 0.2) is 0 Å². The lowest BCUT2D eigenvalue weighted by Crippen LogP contribution is -2.26. The lowest BCUT2D eigenvalue weighted by atomic mass is 10.0. The molecule has 0 spiro atoms. The van der Waals surface area contributed by atoms with Gasteiger partial charge in [-0.2, -0.15) is 0 Å². The number of unbranched alkanes of at least 4 members (excludes halogenated alkanes) is 17. The Labute approximate surface area is 150 Å². The molecule has 0 fully saturated rings. The molecular formula is C21H44O3. The second kappa shape index (κ2) is 17.7. The summed E-state index contributed by atoms with van der Waals surface area (Å²) in [6, 6.07) is 0. The maximum Gasteiger partial charge on any atom is 0.275 e. The molecule has 0 unspecified atom stereocenters. The highest BCUT2D eigenvalue weighted by molar-refractivity contribution is 4.52. The van der Waals surface area contributed by atoms with E-state index in [9.17, 15) is 0 Å². The van der Waals surface area contributed by atoms with E-state index in [2.05, 4.69) is 6.92 Å². The first-order chi connectivity index (χ1) is 11.6. The molecule has 0 aromatic carbocycles.